The SMILES string of the molecule is Cc1csc(NC(=O)Nc2ccc(/C=C/C(=O)O)cc2)n1. The summed E-state index contributed by atoms with van der Waals surface area (Å²) in [5, 5.41) is 16.2. The van der Waals surface area contributed by atoms with Gasteiger partial charge < -0.3 is 10.4 Å². The number of aromatic nitrogens is 1. The van der Waals surface area contributed by atoms with E-state index < -0.39 is 5.97 Å². The van der Waals surface area contributed by atoms with Crippen molar-refractivity contribution in [3.63, 3.8) is 0 Å². The van der Waals surface area contributed by atoms with Gasteiger partial charge in [-0.15, -0.1) is 11.3 Å². The van der Waals surface area contributed by atoms with Gasteiger partial charge in [0.15, 0.2) is 5.13 Å². The topological polar surface area (TPSA) is 91.3 Å². The van der Waals surface area contributed by atoms with Crippen molar-refractivity contribution >= 4 is 40.2 Å². The first-order valence-corrected chi connectivity index (χ1v) is 6.92. The van der Waals surface area contributed by atoms with Crippen LogP contribution in [0.25, 0.3) is 6.08 Å². The van der Waals surface area contributed by atoms with Crippen molar-refractivity contribution in [2.75, 3.05) is 10.6 Å². The fourth-order valence-corrected chi connectivity index (χ4v) is 2.20. The first-order valence-electron chi connectivity index (χ1n) is 6.04. The molecule has 0 radical (unpaired) electrons. The molecule has 1 heterocycles. The third-order valence-corrected chi connectivity index (χ3v) is 3.30. The highest BCUT2D eigenvalue weighted by Gasteiger charge is 2.05. The lowest BCUT2D eigenvalue weighted by Gasteiger charge is -2.05. The lowest BCUT2D eigenvalue weighted by Crippen LogP contribution is -2.19. The van der Waals surface area contributed by atoms with E-state index >= 15 is 0 Å². The number of nitrogens with one attached hydrogen (secondary N) is 2. The van der Waals surface area contributed by atoms with E-state index in [9.17, 15) is 9.59 Å². The van der Waals surface area contributed by atoms with Crippen LogP contribution in [-0.4, -0.2) is 22.1 Å². The van der Waals surface area contributed by atoms with Crippen molar-refractivity contribution in [3.05, 3.63) is 47.0 Å². The zero-order valence-electron chi connectivity index (χ0n) is 11.2. The predicted molar refractivity (Wildman–Crippen MR) is 82.6 cm³/mol. The first-order chi connectivity index (χ1) is 10.0. The average Bonchev–Trinajstić information content (AvgIpc) is 2.83. The second-order valence-corrected chi connectivity index (χ2v) is 5.02. The largest absolute Gasteiger partial charge is 0.478 e. The van der Waals surface area contributed by atoms with E-state index in [-0.39, 0.29) is 6.03 Å². The highest BCUT2D eigenvalue weighted by atomic mass is 32.1. The average molecular weight is 303 g/mol. The van der Waals surface area contributed by atoms with Crippen molar-refractivity contribution in [1.29, 1.82) is 0 Å². The van der Waals surface area contributed by atoms with Crippen LogP contribution < -0.4 is 10.6 Å². The quantitative estimate of drug-likeness (QED) is 0.756. The van der Waals surface area contributed by atoms with Crippen molar-refractivity contribution in [2.45, 2.75) is 6.92 Å². The number of urea groups is 1. The number of aliphatic carboxylic acids is 1. The number of benzene rings is 1. The Balaban J connectivity index is 1.93. The van der Waals surface area contributed by atoms with Gasteiger partial charge in [-0.25, -0.2) is 14.6 Å². The van der Waals surface area contributed by atoms with Crippen LogP contribution in [0, 0.1) is 6.92 Å². The summed E-state index contributed by atoms with van der Waals surface area (Å²) >= 11 is 1.35. The van der Waals surface area contributed by atoms with Crippen LogP contribution >= 0.6 is 11.3 Å². The number of hydrogen-bond acceptors (Lipinski definition) is 4. The van der Waals surface area contributed by atoms with Gasteiger partial charge in [0.25, 0.3) is 0 Å². The Kier molecular flexibility index (Phi) is 4.68. The number of carbonyl (C=O) groups is 2. The minimum atomic E-state index is -1.00. The number of aryl methyl sites for hydroxylation is 1. The number of hydrogen-bond donors (Lipinski definition) is 3. The zero-order valence-corrected chi connectivity index (χ0v) is 12.0. The summed E-state index contributed by atoms with van der Waals surface area (Å²) in [5.74, 6) is -1.00. The molecule has 0 spiro atoms. The van der Waals surface area contributed by atoms with Gasteiger partial charge in [0, 0.05) is 17.1 Å². The molecule has 2 aromatic rings. The maximum absolute atomic E-state index is 11.7. The van der Waals surface area contributed by atoms with Crippen LogP contribution in [0.5, 0.6) is 0 Å². The van der Waals surface area contributed by atoms with Gasteiger partial charge in [-0.05, 0) is 30.7 Å². The fraction of sp³-hybridized carbons (Fsp3) is 0.0714. The number of nitrogens with zero attached hydrogens (tertiary/aromatic N) is 1. The van der Waals surface area contributed by atoms with Crippen LogP contribution in [0.15, 0.2) is 35.7 Å². The van der Waals surface area contributed by atoms with Crippen LogP contribution in [0.2, 0.25) is 0 Å². The number of amides is 2. The van der Waals surface area contributed by atoms with Crippen molar-refractivity contribution in [3.8, 4) is 0 Å². The molecule has 2 rings (SSSR count). The van der Waals surface area contributed by atoms with Gasteiger partial charge in [0.05, 0.1) is 5.69 Å². The molecule has 0 saturated heterocycles. The molecule has 0 aliphatic carbocycles. The maximum Gasteiger partial charge on any atom is 0.328 e. The van der Waals surface area contributed by atoms with Crippen LogP contribution in [-0.2, 0) is 4.79 Å². The molecule has 1 aromatic carbocycles. The summed E-state index contributed by atoms with van der Waals surface area (Å²) in [6, 6.07) is 6.42. The predicted octanol–water partition coefficient (Wildman–Crippen LogP) is 3.19. The van der Waals surface area contributed by atoms with E-state index in [0.717, 1.165) is 17.3 Å². The number of carboxylic acids is 1. The monoisotopic (exact) mass is 303 g/mol. The van der Waals surface area contributed by atoms with E-state index in [2.05, 4.69) is 15.6 Å². The van der Waals surface area contributed by atoms with Gasteiger partial charge in [0.2, 0.25) is 0 Å². The summed E-state index contributed by atoms with van der Waals surface area (Å²) in [6.45, 7) is 1.85. The molecule has 0 fully saturated rings. The summed E-state index contributed by atoms with van der Waals surface area (Å²) in [7, 11) is 0. The standard InChI is InChI=1S/C14H13N3O3S/c1-9-8-21-14(15-9)17-13(20)16-11-5-2-10(3-6-11)4-7-12(18)19/h2-8H,1H3,(H,18,19)(H2,15,16,17,20)/b7-4+. The van der Waals surface area contributed by atoms with E-state index in [1.54, 1.807) is 24.3 Å². The number of carboxylic acid groups (broad SMARTS) is 1. The second kappa shape index (κ2) is 6.67. The molecular formula is C14H13N3O3S. The Bertz CT molecular complexity index is 677. The summed E-state index contributed by atoms with van der Waals surface area (Å²) < 4.78 is 0. The van der Waals surface area contributed by atoms with Crippen LogP contribution in [0.1, 0.15) is 11.3 Å². The molecule has 1 aromatic heterocycles. The Morgan fingerprint density at radius 3 is 2.52 bits per heavy atom. The number of rotatable bonds is 4. The molecule has 0 bridgehead atoms. The Hall–Kier alpha value is -2.67. The van der Waals surface area contributed by atoms with Crippen LogP contribution in [0.4, 0.5) is 15.6 Å². The van der Waals surface area contributed by atoms with E-state index in [1.165, 1.54) is 17.4 Å². The van der Waals surface area contributed by atoms with E-state index in [0.29, 0.717) is 10.8 Å². The number of thiazole rings is 1. The Labute approximate surface area is 125 Å². The third-order valence-electron chi connectivity index (χ3n) is 2.43. The molecule has 108 valence electrons. The van der Waals surface area contributed by atoms with Gasteiger partial charge >= 0.3 is 12.0 Å². The molecule has 6 nitrogen and oxygen atoms in total. The molecule has 0 unspecified atom stereocenters. The van der Waals surface area contributed by atoms with Crippen molar-refractivity contribution in [2.24, 2.45) is 0 Å². The maximum atomic E-state index is 11.7. The summed E-state index contributed by atoms with van der Waals surface area (Å²) in [6.07, 6.45) is 2.53. The van der Waals surface area contributed by atoms with Gasteiger partial charge in [-0.3, -0.25) is 5.32 Å². The van der Waals surface area contributed by atoms with Gasteiger partial charge in [0.1, 0.15) is 0 Å². The lowest BCUT2D eigenvalue weighted by atomic mass is 10.2. The molecule has 21 heavy (non-hydrogen) atoms. The summed E-state index contributed by atoms with van der Waals surface area (Å²) in [5.41, 5.74) is 2.19. The zero-order chi connectivity index (χ0) is 15.2. The molecule has 0 saturated carbocycles. The molecular weight excluding hydrogens is 290 g/mol. The smallest absolute Gasteiger partial charge is 0.328 e. The van der Waals surface area contributed by atoms with Gasteiger partial charge in [-0.2, -0.15) is 0 Å². The number of carbonyl (C=O) groups excluding carboxylic acids is 1. The molecule has 0 aliphatic heterocycles. The molecule has 2 amide bonds. The molecule has 0 atom stereocenters. The lowest BCUT2D eigenvalue weighted by molar-refractivity contribution is -0.131. The van der Waals surface area contributed by atoms with Gasteiger partial charge in [-0.1, -0.05) is 12.1 Å². The first kappa shape index (κ1) is 14.7. The van der Waals surface area contributed by atoms with Crippen LogP contribution in [0.3, 0.4) is 0 Å². The van der Waals surface area contributed by atoms with E-state index in [1.807, 2.05) is 12.3 Å². The van der Waals surface area contributed by atoms with E-state index in [4.69, 9.17) is 5.11 Å². The van der Waals surface area contributed by atoms with Crippen molar-refractivity contribution in [1.82, 2.24) is 4.98 Å². The Morgan fingerprint density at radius 1 is 1.24 bits per heavy atom. The molecule has 7 heteroatoms. The minimum absolute atomic E-state index is 0.377. The highest BCUT2D eigenvalue weighted by molar-refractivity contribution is 7.13. The third kappa shape index (κ3) is 4.73. The minimum Gasteiger partial charge on any atom is -0.478 e. The molecule has 3 N–H and O–H groups in total. The fourth-order valence-electron chi connectivity index (χ4n) is 1.52. The Morgan fingerprint density at radius 2 is 1.95 bits per heavy atom. The summed E-state index contributed by atoms with van der Waals surface area (Å²) in [4.78, 5) is 26.3. The normalized spacial score (nSPS) is 10.5. The molecule has 0 aliphatic rings. The number of anilines is 2. The van der Waals surface area contributed by atoms with Crippen molar-refractivity contribution < 1.29 is 14.7 Å². The second-order valence-electron chi connectivity index (χ2n) is 4.17. The highest BCUT2D eigenvalue weighted by Crippen LogP contribution is 2.15.